The molecule has 1 heterocycles. The van der Waals surface area contributed by atoms with Crippen LogP contribution >= 0.6 is 0 Å². The van der Waals surface area contributed by atoms with Crippen LogP contribution < -0.4 is 10.3 Å². The molecule has 0 aromatic carbocycles. The monoisotopic (exact) mass is 299 g/mol. The maximum absolute atomic E-state index is 11.7. The van der Waals surface area contributed by atoms with Crippen LogP contribution in [0.25, 0.3) is 0 Å². The van der Waals surface area contributed by atoms with Crippen molar-refractivity contribution in [3.05, 3.63) is 30.1 Å². The largest absolute Gasteiger partial charge is 0.278 e. The number of carbonyl (C=O) groups excluding carboxylic acids is 1. The molecule has 112 valence electrons. The highest BCUT2D eigenvalue weighted by atomic mass is 32.2. The van der Waals surface area contributed by atoms with E-state index in [-0.39, 0.29) is 17.6 Å². The zero-order valence-corrected chi connectivity index (χ0v) is 12.6. The van der Waals surface area contributed by atoms with E-state index in [1.807, 2.05) is 6.92 Å². The number of sulfonamides is 1. The van der Waals surface area contributed by atoms with Gasteiger partial charge in [-0.3, -0.25) is 15.2 Å². The Morgan fingerprint density at radius 2 is 2.15 bits per heavy atom. The van der Waals surface area contributed by atoms with Gasteiger partial charge in [-0.15, -0.1) is 4.83 Å². The summed E-state index contributed by atoms with van der Waals surface area (Å²) in [6.45, 7) is 3.74. The van der Waals surface area contributed by atoms with Crippen molar-refractivity contribution < 1.29 is 13.2 Å². The molecule has 0 fully saturated rings. The predicted octanol–water partition coefficient (Wildman–Crippen LogP) is 1.01. The molecular weight excluding hydrogens is 278 g/mol. The Morgan fingerprint density at radius 3 is 2.75 bits per heavy atom. The number of nitrogens with zero attached hydrogens (tertiary/aromatic N) is 1. The van der Waals surface area contributed by atoms with Crippen LogP contribution in [-0.4, -0.2) is 25.1 Å². The third-order valence-electron chi connectivity index (χ3n) is 2.85. The van der Waals surface area contributed by atoms with Crippen molar-refractivity contribution in [2.24, 2.45) is 5.92 Å². The third-order valence-corrected chi connectivity index (χ3v) is 4.01. The Morgan fingerprint density at radius 1 is 1.40 bits per heavy atom. The second kappa shape index (κ2) is 7.96. The van der Waals surface area contributed by atoms with Gasteiger partial charge in [0.05, 0.1) is 5.75 Å². The van der Waals surface area contributed by atoms with Crippen LogP contribution in [0.5, 0.6) is 0 Å². The lowest BCUT2D eigenvalue weighted by molar-refractivity contribution is -0.125. The zero-order valence-electron chi connectivity index (χ0n) is 11.8. The SMILES string of the molecule is CCCC(C)C(=O)NNS(=O)(=O)CCc1ccccn1. The van der Waals surface area contributed by atoms with Gasteiger partial charge in [-0.2, -0.15) is 0 Å². The Hall–Kier alpha value is -1.47. The maximum atomic E-state index is 11.7. The fourth-order valence-electron chi connectivity index (χ4n) is 1.65. The highest BCUT2D eigenvalue weighted by Crippen LogP contribution is 2.04. The Kier molecular flexibility index (Phi) is 6.60. The van der Waals surface area contributed by atoms with E-state index < -0.39 is 10.0 Å². The van der Waals surface area contributed by atoms with Crippen LogP contribution in [-0.2, 0) is 21.2 Å². The fraction of sp³-hybridized carbons (Fsp3) is 0.538. The van der Waals surface area contributed by atoms with E-state index in [9.17, 15) is 13.2 Å². The number of rotatable bonds is 8. The van der Waals surface area contributed by atoms with Crippen LogP contribution in [0.4, 0.5) is 0 Å². The van der Waals surface area contributed by atoms with E-state index in [0.29, 0.717) is 12.1 Å². The highest BCUT2D eigenvalue weighted by molar-refractivity contribution is 7.89. The molecule has 0 aliphatic carbocycles. The second-order valence-corrected chi connectivity index (χ2v) is 6.51. The molecule has 20 heavy (non-hydrogen) atoms. The lowest BCUT2D eigenvalue weighted by atomic mass is 10.1. The van der Waals surface area contributed by atoms with Crippen molar-refractivity contribution in [1.82, 2.24) is 15.2 Å². The molecule has 1 rings (SSSR count). The van der Waals surface area contributed by atoms with Crippen LogP contribution in [0.1, 0.15) is 32.4 Å². The smallest absolute Gasteiger partial charge is 0.237 e. The van der Waals surface area contributed by atoms with Crippen LogP contribution in [0.2, 0.25) is 0 Å². The molecule has 0 aliphatic heterocycles. The molecular formula is C13H21N3O3S. The van der Waals surface area contributed by atoms with E-state index in [2.05, 4.69) is 15.2 Å². The van der Waals surface area contributed by atoms with Gasteiger partial charge in [0.15, 0.2) is 0 Å². The highest BCUT2D eigenvalue weighted by Gasteiger charge is 2.15. The van der Waals surface area contributed by atoms with Crippen LogP contribution in [0, 0.1) is 5.92 Å². The molecule has 1 aromatic heterocycles. The molecule has 0 spiro atoms. The average Bonchev–Trinajstić information content (AvgIpc) is 2.44. The molecule has 1 unspecified atom stereocenters. The van der Waals surface area contributed by atoms with E-state index in [0.717, 1.165) is 12.8 Å². The van der Waals surface area contributed by atoms with Crippen molar-refractivity contribution in [3.8, 4) is 0 Å². The van der Waals surface area contributed by atoms with Crippen molar-refractivity contribution in [3.63, 3.8) is 0 Å². The first kappa shape index (κ1) is 16.6. The maximum Gasteiger partial charge on any atom is 0.237 e. The lowest BCUT2D eigenvalue weighted by Gasteiger charge is -2.12. The number of aryl methyl sites for hydroxylation is 1. The van der Waals surface area contributed by atoms with Crippen molar-refractivity contribution in [2.45, 2.75) is 33.1 Å². The van der Waals surface area contributed by atoms with Gasteiger partial charge in [-0.25, -0.2) is 8.42 Å². The summed E-state index contributed by atoms with van der Waals surface area (Å²) in [6.07, 6.45) is 3.52. The first-order chi connectivity index (χ1) is 9.44. The first-order valence-electron chi connectivity index (χ1n) is 6.64. The first-order valence-corrected chi connectivity index (χ1v) is 8.29. The molecule has 1 aromatic rings. The number of nitrogens with one attached hydrogen (secondary N) is 2. The number of pyridine rings is 1. The molecule has 1 amide bonds. The number of hydrazine groups is 1. The van der Waals surface area contributed by atoms with Crippen LogP contribution in [0.15, 0.2) is 24.4 Å². The van der Waals surface area contributed by atoms with Gasteiger partial charge in [0.1, 0.15) is 0 Å². The molecule has 7 heteroatoms. The van der Waals surface area contributed by atoms with E-state index in [1.165, 1.54) is 0 Å². The topological polar surface area (TPSA) is 88.2 Å². The molecule has 0 saturated carbocycles. The Labute approximate surface area is 120 Å². The van der Waals surface area contributed by atoms with Gasteiger partial charge in [-0.05, 0) is 18.6 Å². The summed E-state index contributed by atoms with van der Waals surface area (Å²) >= 11 is 0. The molecule has 0 saturated heterocycles. The summed E-state index contributed by atoms with van der Waals surface area (Å²) in [7, 11) is -3.55. The molecule has 0 radical (unpaired) electrons. The van der Waals surface area contributed by atoms with Crippen molar-refractivity contribution in [1.29, 1.82) is 0 Å². The fourth-order valence-corrected chi connectivity index (χ4v) is 2.49. The number of carbonyl (C=O) groups is 1. The summed E-state index contributed by atoms with van der Waals surface area (Å²) in [6, 6.07) is 5.33. The zero-order chi connectivity index (χ0) is 15.0. The predicted molar refractivity (Wildman–Crippen MR) is 77.1 cm³/mol. The summed E-state index contributed by atoms with van der Waals surface area (Å²) in [5, 5.41) is 0. The van der Waals surface area contributed by atoms with Gasteiger partial charge in [0, 0.05) is 24.2 Å². The van der Waals surface area contributed by atoms with E-state index in [4.69, 9.17) is 0 Å². The number of hydrogen-bond acceptors (Lipinski definition) is 4. The van der Waals surface area contributed by atoms with Gasteiger partial charge >= 0.3 is 0 Å². The minimum absolute atomic E-state index is 0.119. The second-order valence-electron chi connectivity index (χ2n) is 4.67. The average molecular weight is 299 g/mol. The minimum Gasteiger partial charge on any atom is -0.278 e. The summed E-state index contributed by atoms with van der Waals surface area (Å²) < 4.78 is 23.5. The summed E-state index contributed by atoms with van der Waals surface area (Å²) in [4.78, 5) is 17.8. The van der Waals surface area contributed by atoms with Gasteiger partial charge in [0.2, 0.25) is 15.9 Å². The summed E-state index contributed by atoms with van der Waals surface area (Å²) in [5.41, 5.74) is 2.94. The third kappa shape index (κ3) is 6.12. The molecule has 6 nitrogen and oxygen atoms in total. The van der Waals surface area contributed by atoms with Crippen LogP contribution in [0.3, 0.4) is 0 Å². The lowest BCUT2D eigenvalue weighted by Crippen LogP contribution is -2.45. The molecule has 0 aliphatic rings. The minimum atomic E-state index is -3.55. The number of aromatic nitrogens is 1. The van der Waals surface area contributed by atoms with Crippen molar-refractivity contribution in [2.75, 3.05) is 5.75 Å². The van der Waals surface area contributed by atoms with Gasteiger partial charge < -0.3 is 0 Å². The molecule has 0 bridgehead atoms. The van der Waals surface area contributed by atoms with Gasteiger partial charge in [0.25, 0.3) is 0 Å². The van der Waals surface area contributed by atoms with Gasteiger partial charge in [-0.1, -0.05) is 26.3 Å². The van der Waals surface area contributed by atoms with Crippen molar-refractivity contribution >= 4 is 15.9 Å². The normalized spacial score (nSPS) is 12.9. The van der Waals surface area contributed by atoms with E-state index in [1.54, 1.807) is 31.3 Å². The van der Waals surface area contributed by atoms with E-state index >= 15 is 0 Å². The number of hydrogen-bond donors (Lipinski definition) is 2. The Bertz CT molecular complexity index is 517. The Balaban J connectivity index is 2.40. The molecule has 1 atom stereocenters. The standard InChI is InChI=1S/C13H21N3O3S/c1-3-6-11(2)13(17)15-16-20(18,19)10-8-12-7-4-5-9-14-12/h4-5,7,9,11,16H,3,6,8,10H2,1-2H3,(H,15,17). The summed E-state index contributed by atoms with van der Waals surface area (Å²) in [5.74, 6) is -0.640. The quantitative estimate of drug-likeness (QED) is 0.701. The number of amides is 1. The molecule has 2 N–H and O–H groups in total.